The number of anilines is 1. The molecular weight excluding hydrogens is 300 g/mol. The lowest BCUT2D eigenvalue weighted by molar-refractivity contribution is 1.61. The molecule has 5 heteroatoms. The van der Waals surface area contributed by atoms with Crippen LogP contribution in [0.3, 0.4) is 0 Å². The number of rotatable bonds is 1. The molecule has 17 heavy (non-hydrogen) atoms. The van der Waals surface area contributed by atoms with Crippen LogP contribution in [0.1, 0.15) is 0 Å². The molecule has 0 radical (unpaired) electrons. The Balaban J connectivity index is 2.64. The summed E-state index contributed by atoms with van der Waals surface area (Å²) in [5, 5.41) is 1.90. The third-order valence-corrected chi connectivity index (χ3v) is 3.44. The number of hydrogen-bond donors (Lipinski definition) is 1. The molecule has 0 aliphatic heterocycles. The Morgan fingerprint density at radius 2 is 1.35 bits per heavy atom. The normalized spacial score (nSPS) is 10.6. The summed E-state index contributed by atoms with van der Waals surface area (Å²) in [5.74, 6) is 0. The van der Waals surface area contributed by atoms with Gasteiger partial charge in [0.25, 0.3) is 0 Å². The molecule has 2 rings (SSSR count). The van der Waals surface area contributed by atoms with Crippen molar-refractivity contribution in [3.05, 3.63) is 50.4 Å². The van der Waals surface area contributed by atoms with Crippen LogP contribution in [0, 0.1) is 0 Å². The number of hydrogen-bond acceptors (Lipinski definition) is 1. The zero-order chi connectivity index (χ0) is 12.6. The molecule has 2 N–H and O–H groups in total. The first-order valence-corrected chi connectivity index (χ1v) is 6.20. The van der Waals surface area contributed by atoms with Crippen LogP contribution in [0.15, 0.2) is 30.3 Å². The van der Waals surface area contributed by atoms with E-state index in [1.165, 1.54) is 0 Å². The molecule has 0 saturated heterocycles. The average molecular weight is 307 g/mol. The van der Waals surface area contributed by atoms with Crippen LogP contribution in [0.2, 0.25) is 20.1 Å². The second kappa shape index (κ2) is 4.95. The van der Waals surface area contributed by atoms with Gasteiger partial charge in [-0.3, -0.25) is 0 Å². The zero-order valence-corrected chi connectivity index (χ0v) is 11.5. The Hall–Kier alpha value is -0.600. The Morgan fingerprint density at radius 3 is 1.88 bits per heavy atom. The van der Waals surface area contributed by atoms with Crippen molar-refractivity contribution >= 4 is 52.1 Å². The van der Waals surface area contributed by atoms with E-state index in [9.17, 15) is 0 Å². The van der Waals surface area contributed by atoms with Gasteiger partial charge in [-0.25, -0.2) is 0 Å². The zero-order valence-electron chi connectivity index (χ0n) is 8.48. The van der Waals surface area contributed by atoms with Crippen molar-refractivity contribution in [2.45, 2.75) is 0 Å². The number of benzene rings is 2. The Morgan fingerprint density at radius 1 is 0.765 bits per heavy atom. The van der Waals surface area contributed by atoms with E-state index in [0.29, 0.717) is 31.3 Å². The lowest BCUT2D eigenvalue weighted by atomic mass is 10.1. The summed E-state index contributed by atoms with van der Waals surface area (Å²) >= 11 is 24.1. The lowest BCUT2D eigenvalue weighted by Gasteiger charge is -2.09. The summed E-state index contributed by atoms with van der Waals surface area (Å²) in [6.45, 7) is 0. The molecule has 0 amide bonds. The van der Waals surface area contributed by atoms with E-state index in [1.54, 1.807) is 24.3 Å². The Labute approximate surface area is 119 Å². The minimum Gasteiger partial charge on any atom is -0.398 e. The summed E-state index contributed by atoms with van der Waals surface area (Å²) in [5.41, 5.74) is 7.65. The molecule has 0 bridgehead atoms. The van der Waals surface area contributed by atoms with Crippen molar-refractivity contribution in [2.75, 3.05) is 5.73 Å². The summed E-state index contributed by atoms with van der Waals surface area (Å²) < 4.78 is 0. The number of nitrogens with two attached hydrogens (primary N) is 1. The highest BCUT2D eigenvalue weighted by atomic mass is 35.5. The van der Waals surface area contributed by atoms with E-state index < -0.39 is 0 Å². The van der Waals surface area contributed by atoms with E-state index in [2.05, 4.69) is 0 Å². The first-order valence-electron chi connectivity index (χ1n) is 4.69. The molecule has 0 aliphatic carbocycles. The monoisotopic (exact) mass is 305 g/mol. The van der Waals surface area contributed by atoms with Crippen LogP contribution in [0.25, 0.3) is 11.1 Å². The van der Waals surface area contributed by atoms with Crippen LogP contribution >= 0.6 is 46.4 Å². The SMILES string of the molecule is Nc1ccc(-c2c(Cl)cc(Cl)cc2Cl)cc1Cl. The molecule has 0 saturated carbocycles. The van der Waals surface area contributed by atoms with E-state index in [4.69, 9.17) is 52.1 Å². The van der Waals surface area contributed by atoms with Gasteiger partial charge in [-0.05, 0) is 29.8 Å². The van der Waals surface area contributed by atoms with Gasteiger partial charge in [0.05, 0.1) is 20.8 Å². The molecule has 2 aromatic rings. The molecule has 0 heterocycles. The third kappa shape index (κ3) is 2.63. The van der Waals surface area contributed by atoms with Crippen molar-refractivity contribution in [1.29, 1.82) is 0 Å². The van der Waals surface area contributed by atoms with Gasteiger partial charge in [0.2, 0.25) is 0 Å². The van der Waals surface area contributed by atoms with E-state index in [0.717, 1.165) is 5.56 Å². The fraction of sp³-hybridized carbons (Fsp3) is 0. The molecule has 0 aromatic heterocycles. The van der Waals surface area contributed by atoms with E-state index in [-0.39, 0.29) is 0 Å². The minimum absolute atomic E-state index is 0.463. The van der Waals surface area contributed by atoms with Gasteiger partial charge >= 0.3 is 0 Å². The van der Waals surface area contributed by atoms with E-state index in [1.807, 2.05) is 6.07 Å². The van der Waals surface area contributed by atoms with Crippen molar-refractivity contribution < 1.29 is 0 Å². The van der Waals surface area contributed by atoms with Crippen LogP contribution in [-0.2, 0) is 0 Å². The number of nitrogen functional groups attached to an aromatic ring is 1. The summed E-state index contributed by atoms with van der Waals surface area (Å²) in [4.78, 5) is 0. The third-order valence-electron chi connectivity index (χ3n) is 2.30. The molecule has 0 spiro atoms. The fourth-order valence-electron chi connectivity index (χ4n) is 1.50. The van der Waals surface area contributed by atoms with Gasteiger partial charge in [-0.2, -0.15) is 0 Å². The molecule has 0 aliphatic rings. The van der Waals surface area contributed by atoms with Gasteiger partial charge < -0.3 is 5.73 Å². The molecule has 1 nitrogen and oxygen atoms in total. The van der Waals surface area contributed by atoms with Gasteiger partial charge in [0, 0.05) is 10.6 Å². The van der Waals surface area contributed by atoms with Crippen LogP contribution in [-0.4, -0.2) is 0 Å². The van der Waals surface area contributed by atoms with Crippen molar-refractivity contribution in [3.63, 3.8) is 0 Å². The fourth-order valence-corrected chi connectivity index (χ4v) is 2.72. The maximum atomic E-state index is 6.12. The van der Waals surface area contributed by atoms with Crippen LogP contribution in [0.5, 0.6) is 0 Å². The number of halogens is 4. The topological polar surface area (TPSA) is 26.0 Å². The average Bonchev–Trinajstić information content (AvgIpc) is 2.21. The van der Waals surface area contributed by atoms with Gasteiger partial charge in [0.15, 0.2) is 0 Å². The Bertz CT molecular complexity index is 558. The van der Waals surface area contributed by atoms with Crippen molar-refractivity contribution in [1.82, 2.24) is 0 Å². The first-order chi connectivity index (χ1) is 7.99. The largest absolute Gasteiger partial charge is 0.398 e. The van der Waals surface area contributed by atoms with Gasteiger partial charge in [-0.1, -0.05) is 52.5 Å². The van der Waals surface area contributed by atoms with Gasteiger partial charge in [-0.15, -0.1) is 0 Å². The van der Waals surface area contributed by atoms with Crippen LogP contribution in [0.4, 0.5) is 5.69 Å². The highest BCUT2D eigenvalue weighted by Crippen LogP contribution is 2.38. The highest BCUT2D eigenvalue weighted by molar-refractivity contribution is 6.42. The smallest absolute Gasteiger partial charge is 0.0641 e. The van der Waals surface area contributed by atoms with E-state index >= 15 is 0 Å². The Kier molecular flexibility index (Phi) is 3.74. The van der Waals surface area contributed by atoms with Crippen molar-refractivity contribution in [2.24, 2.45) is 0 Å². The lowest BCUT2D eigenvalue weighted by Crippen LogP contribution is -1.88. The maximum Gasteiger partial charge on any atom is 0.0641 e. The molecule has 0 unspecified atom stereocenters. The van der Waals surface area contributed by atoms with Crippen LogP contribution < -0.4 is 5.73 Å². The molecule has 0 fully saturated rings. The second-order valence-corrected chi connectivity index (χ2v) is 5.14. The summed E-state index contributed by atoms with van der Waals surface area (Å²) in [6, 6.07) is 8.50. The second-order valence-electron chi connectivity index (χ2n) is 3.48. The molecular formula is C12H7Cl4N. The standard InChI is InChI=1S/C12H7Cl4N/c13-7-4-9(15)12(10(16)5-7)6-1-2-11(17)8(14)3-6/h1-5H,17H2. The summed E-state index contributed by atoms with van der Waals surface area (Å²) in [7, 11) is 0. The predicted octanol–water partition coefficient (Wildman–Crippen LogP) is 5.55. The summed E-state index contributed by atoms with van der Waals surface area (Å²) in [6.07, 6.45) is 0. The van der Waals surface area contributed by atoms with Crippen molar-refractivity contribution in [3.8, 4) is 11.1 Å². The predicted molar refractivity (Wildman–Crippen MR) is 76.3 cm³/mol. The minimum atomic E-state index is 0.463. The molecule has 2 aromatic carbocycles. The van der Waals surface area contributed by atoms with Gasteiger partial charge in [0.1, 0.15) is 0 Å². The molecule has 88 valence electrons. The quantitative estimate of drug-likeness (QED) is 0.687. The first kappa shape index (κ1) is 12.8. The highest BCUT2D eigenvalue weighted by Gasteiger charge is 2.11. The molecule has 0 atom stereocenters. The maximum absolute atomic E-state index is 6.12.